The van der Waals surface area contributed by atoms with Gasteiger partial charge in [-0.05, 0) is 12.5 Å². The number of benzene rings is 1. The van der Waals surface area contributed by atoms with Crippen LogP contribution < -0.4 is 10.9 Å². The first kappa shape index (κ1) is 14.0. The van der Waals surface area contributed by atoms with Gasteiger partial charge in [0.25, 0.3) is 11.8 Å². The van der Waals surface area contributed by atoms with E-state index >= 15 is 0 Å². The van der Waals surface area contributed by atoms with Gasteiger partial charge in [0.05, 0.1) is 0 Å². The third-order valence-electron chi connectivity index (χ3n) is 3.27. The average Bonchev–Trinajstić information content (AvgIpc) is 2.77. The second-order valence-electron chi connectivity index (χ2n) is 4.63. The van der Waals surface area contributed by atoms with Gasteiger partial charge in [0.15, 0.2) is 0 Å². The summed E-state index contributed by atoms with van der Waals surface area (Å²) in [6.45, 7) is 2.88. The molecule has 2 rings (SSSR count). The highest BCUT2D eigenvalue weighted by Crippen LogP contribution is 2.12. The number of hydrazine groups is 1. The van der Waals surface area contributed by atoms with E-state index in [1.165, 1.54) is 0 Å². The molecule has 0 radical (unpaired) electrons. The zero-order valence-electron chi connectivity index (χ0n) is 11.3. The van der Waals surface area contributed by atoms with Gasteiger partial charge >= 0.3 is 0 Å². The van der Waals surface area contributed by atoms with Crippen molar-refractivity contribution >= 4 is 17.7 Å². The van der Waals surface area contributed by atoms with Crippen LogP contribution in [0.4, 0.5) is 0 Å². The summed E-state index contributed by atoms with van der Waals surface area (Å²) in [7, 11) is 0. The summed E-state index contributed by atoms with van der Waals surface area (Å²) >= 11 is 0. The molecule has 1 saturated heterocycles. The molecule has 0 bridgehead atoms. The van der Waals surface area contributed by atoms with Crippen LogP contribution in [0, 0.1) is 5.92 Å². The molecule has 2 N–H and O–H groups in total. The van der Waals surface area contributed by atoms with Crippen LogP contribution in [0.15, 0.2) is 30.3 Å². The van der Waals surface area contributed by atoms with E-state index in [1.54, 1.807) is 4.90 Å². The molecule has 6 nitrogen and oxygen atoms in total. The second-order valence-corrected chi connectivity index (χ2v) is 4.63. The molecule has 6 heteroatoms. The number of hydrogen-bond donors (Lipinski definition) is 2. The zero-order chi connectivity index (χ0) is 14.5. The number of amides is 3. The third-order valence-corrected chi connectivity index (χ3v) is 3.27. The van der Waals surface area contributed by atoms with Crippen molar-refractivity contribution < 1.29 is 14.4 Å². The van der Waals surface area contributed by atoms with E-state index in [9.17, 15) is 14.4 Å². The van der Waals surface area contributed by atoms with E-state index in [1.807, 2.05) is 37.3 Å². The summed E-state index contributed by atoms with van der Waals surface area (Å²) < 4.78 is 0. The second kappa shape index (κ2) is 6.18. The maximum Gasteiger partial charge on any atom is 0.251 e. The topological polar surface area (TPSA) is 78.5 Å². The predicted octanol–water partition coefficient (Wildman–Crippen LogP) is 0.202. The van der Waals surface area contributed by atoms with Crippen LogP contribution in [-0.2, 0) is 20.9 Å². The molecule has 0 aliphatic carbocycles. The van der Waals surface area contributed by atoms with E-state index in [0.29, 0.717) is 13.1 Å². The maximum atomic E-state index is 12.2. The molecule has 0 saturated carbocycles. The van der Waals surface area contributed by atoms with Gasteiger partial charge < -0.3 is 4.90 Å². The first-order chi connectivity index (χ1) is 9.61. The summed E-state index contributed by atoms with van der Waals surface area (Å²) in [5, 5.41) is 0. The number of carbonyl (C=O) groups excluding carboxylic acids is 3. The molecule has 0 unspecified atom stereocenters. The van der Waals surface area contributed by atoms with Gasteiger partial charge in [-0.3, -0.25) is 25.2 Å². The number of nitrogens with one attached hydrogen (secondary N) is 2. The fourth-order valence-electron chi connectivity index (χ4n) is 2.09. The summed E-state index contributed by atoms with van der Waals surface area (Å²) in [5.74, 6) is -2.01. The highest BCUT2D eigenvalue weighted by atomic mass is 16.2. The van der Waals surface area contributed by atoms with E-state index < -0.39 is 17.7 Å². The Morgan fingerprint density at radius 1 is 1.15 bits per heavy atom. The monoisotopic (exact) mass is 275 g/mol. The smallest absolute Gasteiger partial charge is 0.251 e. The number of hydrogen-bond acceptors (Lipinski definition) is 3. The zero-order valence-corrected chi connectivity index (χ0v) is 11.3. The molecule has 1 aromatic carbocycles. The van der Waals surface area contributed by atoms with Gasteiger partial charge in [-0.25, -0.2) is 0 Å². The Labute approximate surface area is 117 Å². The lowest BCUT2D eigenvalue weighted by molar-refractivity contribution is -0.138. The number of carbonyl (C=O) groups is 3. The van der Waals surface area contributed by atoms with E-state index in [2.05, 4.69) is 10.9 Å². The lowest BCUT2D eigenvalue weighted by Crippen LogP contribution is -2.34. The van der Waals surface area contributed by atoms with Gasteiger partial charge in [-0.2, -0.15) is 0 Å². The minimum atomic E-state index is -0.924. The van der Waals surface area contributed by atoms with Crippen LogP contribution in [0.1, 0.15) is 18.9 Å². The number of rotatable bonds is 5. The van der Waals surface area contributed by atoms with Gasteiger partial charge in [-0.1, -0.05) is 30.3 Å². The molecule has 0 aromatic heterocycles. The van der Waals surface area contributed by atoms with Crippen LogP contribution in [0.25, 0.3) is 0 Å². The summed E-state index contributed by atoms with van der Waals surface area (Å²) in [4.78, 5) is 36.7. The molecule has 20 heavy (non-hydrogen) atoms. The minimum Gasteiger partial charge on any atom is -0.339 e. The third kappa shape index (κ3) is 3.14. The fourth-order valence-corrected chi connectivity index (χ4v) is 2.09. The Morgan fingerprint density at radius 3 is 2.30 bits per heavy atom. The van der Waals surface area contributed by atoms with Gasteiger partial charge in [0, 0.05) is 19.5 Å². The van der Waals surface area contributed by atoms with Crippen LogP contribution in [0.2, 0.25) is 0 Å². The van der Waals surface area contributed by atoms with Crippen LogP contribution in [0.3, 0.4) is 0 Å². The molecule has 1 heterocycles. The van der Waals surface area contributed by atoms with Crippen molar-refractivity contribution in [2.75, 3.05) is 6.54 Å². The molecular weight excluding hydrogens is 258 g/mol. The lowest BCUT2D eigenvalue weighted by Gasteiger charge is -2.21. The molecule has 1 aliphatic rings. The van der Waals surface area contributed by atoms with Crippen molar-refractivity contribution in [2.45, 2.75) is 19.9 Å². The summed E-state index contributed by atoms with van der Waals surface area (Å²) in [6, 6.07) is 9.60. The van der Waals surface area contributed by atoms with Crippen LogP contribution in [0.5, 0.6) is 0 Å². The average molecular weight is 275 g/mol. The number of nitrogens with zero attached hydrogens (tertiary/aromatic N) is 1. The largest absolute Gasteiger partial charge is 0.339 e. The molecular formula is C14H17N3O3. The Balaban J connectivity index is 1.99. The molecule has 1 aromatic rings. The van der Waals surface area contributed by atoms with Crippen LogP contribution >= 0.6 is 0 Å². The van der Waals surface area contributed by atoms with Crippen molar-refractivity contribution in [1.82, 2.24) is 15.8 Å². The predicted molar refractivity (Wildman–Crippen MR) is 71.9 cm³/mol. The Hall–Kier alpha value is -2.37. The Bertz CT molecular complexity index is 500. The molecule has 1 aliphatic heterocycles. The van der Waals surface area contributed by atoms with E-state index in [-0.39, 0.29) is 12.3 Å². The van der Waals surface area contributed by atoms with E-state index in [4.69, 9.17) is 0 Å². The highest BCUT2D eigenvalue weighted by Gasteiger charge is 2.35. The quantitative estimate of drug-likeness (QED) is 0.754. The van der Waals surface area contributed by atoms with Gasteiger partial charge in [0.1, 0.15) is 5.92 Å². The van der Waals surface area contributed by atoms with Crippen molar-refractivity contribution in [3.63, 3.8) is 0 Å². The van der Waals surface area contributed by atoms with Crippen molar-refractivity contribution in [3.05, 3.63) is 35.9 Å². The minimum absolute atomic E-state index is 0.0989. The van der Waals surface area contributed by atoms with Gasteiger partial charge in [0.2, 0.25) is 5.91 Å². The standard InChI is InChI=1S/C14H17N3O3/c1-2-17(9-10-6-4-3-5-7-10)12(18)8-11-13(19)15-16-14(11)20/h3-7,11H,2,8-9H2,1H3,(H,15,19)(H,16,20). The normalized spacial score (nSPS) is 14.8. The van der Waals surface area contributed by atoms with Gasteiger partial charge in [-0.15, -0.1) is 0 Å². The Kier molecular flexibility index (Phi) is 4.34. The molecule has 3 amide bonds. The molecule has 0 atom stereocenters. The molecule has 106 valence electrons. The lowest BCUT2D eigenvalue weighted by atomic mass is 10.0. The van der Waals surface area contributed by atoms with Crippen molar-refractivity contribution in [3.8, 4) is 0 Å². The SMILES string of the molecule is CCN(Cc1ccccc1)C(=O)CC1C(=O)NNC1=O. The van der Waals surface area contributed by atoms with Crippen LogP contribution in [-0.4, -0.2) is 29.2 Å². The van der Waals surface area contributed by atoms with Crippen molar-refractivity contribution in [2.24, 2.45) is 5.92 Å². The molecule has 1 fully saturated rings. The van der Waals surface area contributed by atoms with E-state index in [0.717, 1.165) is 5.56 Å². The first-order valence-corrected chi connectivity index (χ1v) is 6.53. The maximum absolute atomic E-state index is 12.2. The Morgan fingerprint density at radius 2 is 1.75 bits per heavy atom. The highest BCUT2D eigenvalue weighted by molar-refractivity contribution is 6.07. The summed E-state index contributed by atoms with van der Waals surface area (Å²) in [5.41, 5.74) is 5.46. The first-order valence-electron chi connectivity index (χ1n) is 6.53. The fraction of sp³-hybridized carbons (Fsp3) is 0.357. The molecule has 0 spiro atoms. The summed E-state index contributed by atoms with van der Waals surface area (Å²) in [6.07, 6.45) is -0.0989. The van der Waals surface area contributed by atoms with Crippen molar-refractivity contribution in [1.29, 1.82) is 0 Å².